The Morgan fingerprint density at radius 2 is 1.71 bits per heavy atom. The lowest BCUT2D eigenvalue weighted by Crippen LogP contribution is -1.99. The summed E-state index contributed by atoms with van der Waals surface area (Å²) in [6, 6.07) is 0. The Morgan fingerprint density at radius 3 is 2.00 bits per heavy atom. The molecule has 0 aromatic rings. The highest BCUT2D eigenvalue weighted by atomic mass is 35.6. The van der Waals surface area contributed by atoms with Gasteiger partial charge in [-0.15, -0.1) is 0 Å². The summed E-state index contributed by atoms with van der Waals surface area (Å²) in [6.45, 7) is 5.63. The highest BCUT2D eigenvalue weighted by Gasteiger charge is 2.07. The Kier molecular flexibility index (Phi) is 11.8. The van der Waals surface area contributed by atoms with Gasteiger partial charge in [-0.2, -0.15) is 0 Å². The van der Waals surface area contributed by atoms with Crippen LogP contribution in [0.3, 0.4) is 0 Å². The first-order valence-electron chi connectivity index (χ1n) is 4.47. The molecule has 0 bridgehead atoms. The fraction of sp³-hybridized carbons (Fsp3) is 0.889. The number of unbranched alkanes of at least 4 members (excludes halogenated alkanes) is 2. The Morgan fingerprint density at radius 1 is 1.29 bits per heavy atom. The summed E-state index contributed by atoms with van der Waals surface area (Å²) in [5.74, 6) is -0.175. The van der Waals surface area contributed by atoms with Gasteiger partial charge in [-0.1, -0.05) is 54.6 Å². The average Bonchev–Trinajstić information content (AvgIpc) is 1.94. The summed E-state index contributed by atoms with van der Waals surface area (Å²) in [4.78, 5) is 10.2. The molecule has 0 aromatic carbocycles. The van der Waals surface area contributed by atoms with Gasteiger partial charge in [0.2, 0.25) is 0 Å². The van der Waals surface area contributed by atoms with Crippen LogP contribution in [0, 0.1) is 0 Å². The third kappa shape index (κ3) is 39.5. The number of hydrogen-bond donors (Lipinski definition) is 0. The van der Waals surface area contributed by atoms with E-state index in [-0.39, 0.29) is 5.97 Å². The van der Waals surface area contributed by atoms with Crippen LogP contribution in [0.2, 0.25) is 0 Å². The second-order valence-electron chi connectivity index (χ2n) is 2.83. The van der Waals surface area contributed by atoms with Gasteiger partial charge in [0.1, 0.15) is 0 Å². The average molecular weight is 264 g/mol. The van der Waals surface area contributed by atoms with Crippen LogP contribution in [-0.2, 0) is 9.53 Å². The summed E-state index contributed by atoms with van der Waals surface area (Å²) in [5, 5.41) is 0. The third-order valence-corrected chi connectivity index (χ3v) is 1.05. The van der Waals surface area contributed by atoms with Crippen molar-refractivity contribution < 1.29 is 9.53 Å². The smallest absolute Gasteiger partial charge is 0.302 e. The van der Waals surface area contributed by atoms with Crippen molar-refractivity contribution in [3.63, 3.8) is 0 Å². The molecule has 0 aliphatic rings. The van der Waals surface area contributed by atoms with Gasteiger partial charge < -0.3 is 4.74 Å². The van der Waals surface area contributed by atoms with Crippen LogP contribution in [0.1, 0.15) is 40.0 Å². The van der Waals surface area contributed by atoms with Crippen LogP contribution in [-0.4, -0.2) is 16.4 Å². The van der Waals surface area contributed by atoms with Gasteiger partial charge in [0.05, 0.1) is 6.61 Å². The Hall–Kier alpha value is 0.340. The number of halogens is 3. The van der Waals surface area contributed by atoms with Crippen molar-refractivity contribution in [1.29, 1.82) is 0 Å². The molecule has 0 aliphatic carbocycles. The van der Waals surface area contributed by atoms with E-state index in [0.29, 0.717) is 6.61 Å². The van der Waals surface area contributed by atoms with E-state index in [1.807, 2.05) is 0 Å². The predicted molar refractivity (Wildman–Crippen MR) is 62.1 cm³/mol. The Labute approximate surface area is 101 Å². The first-order valence-corrected chi connectivity index (χ1v) is 5.60. The van der Waals surface area contributed by atoms with E-state index in [2.05, 4.69) is 6.92 Å². The van der Waals surface area contributed by atoms with Gasteiger partial charge in [-0.3, -0.25) is 4.79 Å². The second-order valence-corrected chi connectivity index (χ2v) is 5.68. The molecule has 0 radical (unpaired) electrons. The van der Waals surface area contributed by atoms with Gasteiger partial charge in [0, 0.05) is 6.92 Å². The van der Waals surface area contributed by atoms with E-state index in [1.54, 1.807) is 0 Å². The van der Waals surface area contributed by atoms with E-state index in [1.165, 1.54) is 20.3 Å². The summed E-state index contributed by atoms with van der Waals surface area (Å²) in [7, 11) is 0. The minimum atomic E-state index is -1.08. The maximum absolute atomic E-state index is 10.2. The van der Waals surface area contributed by atoms with Crippen LogP contribution in [0.25, 0.3) is 0 Å². The monoisotopic (exact) mass is 262 g/mol. The standard InChI is InChI=1S/C7H14O2.C2H3Cl3/c1-3-4-5-6-9-7(2)8;1-2(3,4)5/h3-6H2,1-2H3;1H3. The van der Waals surface area contributed by atoms with Crippen LogP contribution < -0.4 is 0 Å². The van der Waals surface area contributed by atoms with Crippen molar-refractivity contribution >= 4 is 40.8 Å². The van der Waals surface area contributed by atoms with Gasteiger partial charge in [-0.25, -0.2) is 0 Å². The Bertz CT molecular complexity index is 137. The number of hydrogen-bond acceptors (Lipinski definition) is 2. The molecule has 0 spiro atoms. The number of ether oxygens (including phenoxy) is 1. The summed E-state index contributed by atoms with van der Waals surface area (Å²) in [5.41, 5.74) is 0. The predicted octanol–water partition coefficient (Wildman–Crippen LogP) is 4.12. The maximum Gasteiger partial charge on any atom is 0.302 e. The number of alkyl halides is 3. The highest BCUT2D eigenvalue weighted by molar-refractivity contribution is 6.67. The van der Waals surface area contributed by atoms with Crippen molar-refractivity contribution in [3.8, 4) is 0 Å². The molecule has 0 unspecified atom stereocenters. The lowest BCUT2D eigenvalue weighted by molar-refractivity contribution is -0.141. The van der Waals surface area contributed by atoms with E-state index in [0.717, 1.165) is 12.8 Å². The van der Waals surface area contributed by atoms with Crippen LogP contribution in [0.5, 0.6) is 0 Å². The molecule has 0 rings (SSSR count). The second kappa shape index (κ2) is 9.88. The SMILES string of the molecule is CC(Cl)(Cl)Cl.CCCCCOC(C)=O. The summed E-state index contributed by atoms with van der Waals surface area (Å²) >= 11 is 15.2. The zero-order valence-electron chi connectivity index (χ0n) is 8.78. The van der Waals surface area contributed by atoms with E-state index in [4.69, 9.17) is 39.5 Å². The molecule has 2 nitrogen and oxygen atoms in total. The van der Waals surface area contributed by atoms with Crippen LogP contribution in [0.4, 0.5) is 0 Å². The highest BCUT2D eigenvalue weighted by Crippen LogP contribution is 2.23. The molecule has 86 valence electrons. The fourth-order valence-corrected chi connectivity index (χ4v) is 0.568. The van der Waals surface area contributed by atoms with Gasteiger partial charge >= 0.3 is 5.97 Å². The molecule has 5 heteroatoms. The maximum atomic E-state index is 10.2. The van der Waals surface area contributed by atoms with Crippen LogP contribution >= 0.6 is 34.8 Å². The number of carbonyl (C=O) groups is 1. The molecule has 0 saturated heterocycles. The largest absolute Gasteiger partial charge is 0.466 e. The number of rotatable bonds is 4. The van der Waals surface area contributed by atoms with Gasteiger partial charge in [0.25, 0.3) is 0 Å². The third-order valence-electron chi connectivity index (χ3n) is 1.05. The quantitative estimate of drug-likeness (QED) is 0.433. The molecule has 0 saturated carbocycles. The molecule has 0 atom stereocenters. The molecular weight excluding hydrogens is 246 g/mol. The number of esters is 1. The molecule has 14 heavy (non-hydrogen) atoms. The van der Waals surface area contributed by atoms with Crippen molar-refractivity contribution in [2.75, 3.05) is 6.61 Å². The lowest BCUT2D eigenvalue weighted by atomic mass is 10.3. The van der Waals surface area contributed by atoms with E-state index < -0.39 is 3.79 Å². The van der Waals surface area contributed by atoms with Crippen LogP contribution in [0.15, 0.2) is 0 Å². The van der Waals surface area contributed by atoms with Crippen molar-refractivity contribution in [2.45, 2.75) is 43.8 Å². The first-order chi connectivity index (χ1) is 6.27. The van der Waals surface area contributed by atoms with Gasteiger partial charge in [0.15, 0.2) is 3.79 Å². The van der Waals surface area contributed by atoms with E-state index in [9.17, 15) is 4.79 Å². The fourth-order valence-electron chi connectivity index (χ4n) is 0.568. The molecule has 0 aliphatic heterocycles. The Balaban J connectivity index is 0. The topological polar surface area (TPSA) is 26.3 Å². The zero-order valence-corrected chi connectivity index (χ0v) is 11.0. The van der Waals surface area contributed by atoms with E-state index >= 15 is 0 Å². The van der Waals surface area contributed by atoms with Crippen molar-refractivity contribution in [2.24, 2.45) is 0 Å². The van der Waals surface area contributed by atoms with Crippen molar-refractivity contribution in [3.05, 3.63) is 0 Å². The lowest BCUT2D eigenvalue weighted by Gasteiger charge is -1.98. The number of carbonyl (C=O) groups excluding carboxylic acids is 1. The molecular formula is C9H17Cl3O2. The molecule has 0 fully saturated rings. The van der Waals surface area contributed by atoms with Crippen molar-refractivity contribution in [1.82, 2.24) is 0 Å². The normalized spacial score (nSPS) is 10.1. The minimum Gasteiger partial charge on any atom is -0.466 e. The summed E-state index contributed by atoms with van der Waals surface area (Å²) < 4.78 is 3.62. The van der Waals surface area contributed by atoms with Gasteiger partial charge in [-0.05, 0) is 13.3 Å². The minimum absolute atomic E-state index is 0.175. The molecule has 0 aromatic heterocycles. The summed E-state index contributed by atoms with van der Waals surface area (Å²) in [6.07, 6.45) is 3.31. The molecule has 0 amide bonds. The molecule has 0 heterocycles. The zero-order chi connectivity index (χ0) is 11.6. The molecule has 0 N–H and O–H groups in total. The first kappa shape index (κ1) is 16.8.